The minimum Gasteiger partial charge on any atom is -0.423 e. The van der Waals surface area contributed by atoms with E-state index in [-0.39, 0.29) is 23.7 Å². The third-order valence-corrected chi connectivity index (χ3v) is 5.07. The highest BCUT2D eigenvalue weighted by atomic mass is 19.4. The van der Waals surface area contributed by atoms with E-state index in [4.69, 9.17) is 4.74 Å². The highest BCUT2D eigenvalue weighted by Crippen LogP contribution is 2.53. The molecule has 4 rings (SSSR count). The average molecular weight is 372 g/mol. The van der Waals surface area contributed by atoms with Crippen molar-refractivity contribution in [2.24, 2.45) is 0 Å². The summed E-state index contributed by atoms with van der Waals surface area (Å²) in [6.07, 6.45) is -1.99. The summed E-state index contributed by atoms with van der Waals surface area (Å²) in [6.45, 7) is 0.472. The molecule has 1 aliphatic heterocycles. The molecule has 10 heteroatoms. The Labute approximate surface area is 146 Å². The van der Waals surface area contributed by atoms with Gasteiger partial charge in [-0.25, -0.2) is 9.07 Å². The van der Waals surface area contributed by atoms with Gasteiger partial charge in [0, 0.05) is 23.0 Å². The predicted molar refractivity (Wildman–Crippen MR) is 85.4 cm³/mol. The van der Waals surface area contributed by atoms with Crippen LogP contribution in [0.1, 0.15) is 49.5 Å². The molecule has 1 unspecified atom stereocenters. The maximum atomic E-state index is 14.8. The quantitative estimate of drug-likeness (QED) is 0.642. The van der Waals surface area contributed by atoms with E-state index < -0.39 is 41.8 Å². The van der Waals surface area contributed by atoms with Crippen molar-refractivity contribution in [3.8, 4) is 0 Å². The molecule has 1 aromatic carbocycles. The van der Waals surface area contributed by atoms with Gasteiger partial charge in [0.2, 0.25) is 0 Å². The Morgan fingerprint density at radius 1 is 1.27 bits per heavy atom. The first-order valence-corrected chi connectivity index (χ1v) is 8.51. The molecule has 1 atom stereocenters. The Morgan fingerprint density at radius 3 is 2.54 bits per heavy atom. The number of aromatic nitrogens is 2. The maximum absolute atomic E-state index is 14.8. The zero-order valence-electron chi connectivity index (χ0n) is 13.8. The lowest BCUT2D eigenvalue weighted by Crippen LogP contribution is -2.38. The Morgan fingerprint density at radius 2 is 2.00 bits per heavy atom. The summed E-state index contributed by atoms with van der Waals surface area (Å²) in [7, 11) is -2.24. The van der Waals surface area contributed by atoms with Gasteiger partial charge < -0.3 is 14.8 Å². The number of halogens is 4. The van der Waals surface area contributed by atoms with Crippen LogP contribution >= 0.6 is 0 Å². The predicted octanol–water partition coefficient (Wildman–Crippen LogP) is 2.39. The highest BCUT2D eigenvalue weighted by Gasteiger charge is 2.53. The van der Waals surface area contributed by atoms with Crippen LogP contribution in [0, 0.1) is 0 Å². The highest BCUT2D eigenvalue weighted by molar-refractivity contribution is 6.62. The van der Waals surface area contributed by atoms with Crippen molar-refractivity contribution in [1.82, 2.24) is 9.78 Å². The van der Waals surface area contributed by atoms with Crippen molar-refractivity contribution in [3.05, 3.63) is 23.4 Å². The molecule has 2 aromatic rings. The molecule has 0 spiro atoms. The van der Waals surface area contributed by atoms with Crippen LogP contribution in [0.5, 0.6) is 0 Å². The van der Waals surface area contributed by atoms with Crippen LogP contribution in [-0.4, -0.2) is 33.6 Å². The lowest BCUT2D eigenvalue weighted by atomic mass is 9.71. The molecule has 26 heavy (non-hydrogen) atoms. The minimum absolute atomic E-state index is 0.0559. The number of rotatable bonds is 3. The van der Waals surface area contributed by atoms with E-state index in [2.05, 4.69) is 5.10 Å². The van der Waals surface area contributed by atoms with Gasteiger partial charge in [-0.2, -0.15) is 18.3 Å². The van der Waals surface area contributed by atoms with Crippen molar-refractivity contribution >= 4 is 23.5 Å². The summed E-state index contributed by atoms with van der Waals surface area (Å²) in [5, 5.41) is 23.7. The van der Waals surface area contributed by atoms with Crippen LogP contribution in [0.25, 0.3) is 10.9 Å². The third-order valence-electron chi connectivity index (χ3n) is 5.07. The van der Waals surface area contributed by atoms with E-state index >= 15 is 0 Å². The Balaban J connectivity index is 2.00. The SMILES string of the molecule is OB(O)c1c(C2(F)CC2)c(C(F)(F)F)cc2c1cnn2C1CCCCO1. The minimum atomic E-state index is -4.84. The van der Waals surface area contributed by atoms with Crippen LogP contribution in [0.15, 0.2) is 12.3 Å². The molecule has 140 valence electrons. The summed E-state index contributed by atoms with van der Waals surface area (Å²) in [6, 6.07) is 0.848. The number of alkyl halides is 4. The normalized spacial score (nSPS) is 22.6. The Kier molecular flexibility index (Phi) is 4.05. The topological polar surface area (TPSA) is 67.5 Å². The second-order valence-electron chi connectivity index (χ2n) is 6.89. The molecule has 1 saturated carbocycles. The smallest absolute Gasteiger partial charge is 0.423 e. The van der Waals surface area contributed by atoms with Crippen LogP contribution < -0.4 is 5.46 Å². The molecule has 2 heterocycles. The Bertz CT molecular complexity index is 842. The molecule has 0 radical (unpaired) electrons. The van der Waals surface area contributed by atoms with Crippen molar-refractivity contribution in [2.75, 3.05) is 6.61 Å². The van der Waals surface area contributed by atoms with E-state index in [1.54, 1.807) is 0 Å². The fraction of sp³-hybridized carbons (Fsp3) is 0.562. The van der Waals surface area contributed by atoms with Gasteiger partial charge in [-0.1, -0.05) is 0 Å². The largest absolute Gasteiger partial charge is 0.489 e. The number of fused-ring (bicyclic) bond motifs is 1. The van der Waals surface area contributed by atoms with Crippen LogP contribution in [0.3, 0.4) is 0 Å². The van der Waals surface area contributed by atoms with Crippen molar-refractivity contribution in [2.45, 2.75) is 50.2 Å². The molecule has 1 aliphatic carbocycles. The van der Waals surface area contributed by atoms with Crippen molar-refractivity contribution < 1.29 is 32.3 Å². The number of benzene rings is 1. The molecule has 2 aliphatic rings. The second-order valence-corrected chi connectivity index (χ2v) is 6.89. The number of hydrogen-bond acceptors (Lipinski definition) is 4. The summed E-state index contributed by atoms with van der Waals surface area (Å²) in [5.74, 6) is 0. The van der Waals surface area contributed by atoms with Crippen molar-refractivity contribution in [3.63, 3.8) is 0 Å². The van der Waals surface area contributed by atoms with E-state index in [9.17, 15) is 27.6 Å². The van der Waals surface area contributed by atoms with Crippen LogP contribution in [0.2, 0.25) is 0 Å². The molecule has 1 saturated heterocycles. The van der Waals surface area contributed by atoms with Crippen molar-refractivity contribution in [1.29, 1.82) is 0 Å². The molecule has 5 nitrogen and oxygen atoms in total. The lowest BCUT2D eigenvalue weighted by Gasteiger charge is -2.25. The molecule has 0 amide bonds. The van der Waals surface area contributed by atoms with Crippen LogP contribution in [-0.2, 0) is 16.6 Å². The first-order chi connectivity index (χ1) is 12.2. The van der Waals surface area contributed by atoms with Gasteiger partial charge >= 0.3 is 13.3 Å². The molecule has 1 aromatic heterocycles. The maximum Gasteiger partial charge on any atom is 0.489 e. The van der Waals surface area contributed by atoms with E-state index in [1.807, 2.05) is 0 Å². The zero-order valence-corrected chi connectivity index (χ0v) is 13.8. The van der Waals surface area contributed by atoms with E-state index in [0.29, 0.717) is 13.0 Å². The monoisotopic (exact) mass is 372 g/mol. The average Bonchev–Trinajstić information content (AvgIpc) is 3.19. The van der Waals surface area contributed by atoms with Gasteiger partial charge in [0.05, 0.1) is 17.3 Å². The van der Waals surface area contributed by atoms with E-state index in [0.717, 1.165) is 18.9 Å². The molecule has 2 fully saturated rings. The van der Waals surface area contributed by atoms with Gasteiger partial charge in [0.1, 0.15) is 5.67 Å². The van der Waals surface area contributed by atoms with Crippen LogP contribution in [0.4, 0.5) is 17.6 Å². The molecular formula is C16H17BF4N2O3. The first-order valence-electron chi connectivity index (χ1n) is 8.51. The fourth-order valence-electron chi connectivity index (χ4n) is 3.69. The number of hydrogen-bond donors (Lipinski definition) is 2. The Hall–Kier alpha value is -1.65. The second kappa shape index (κ2) is 5.93. The molecular weight excluding hydrogens is 355 g/mol. The summed E-state index contributed by atoms with van der Waals surface area (Å²) in [4.78, 5) is 0. The third kappa shape index (κ3) is 2.80. The zero-order chi connectivity index (χ0) is 18.7. The first kappa shape index (κ1) is 17.8. The number of ether oxygens (including phenoxy) is 1. The van der Waals surface area contributed by atoms with E-state index in [1.165, 1.54) is 10.9 Å². The summed E-state index contributed by atoms with van der Waals surface area (Å²) in [5.41, 5.74) is -4.47. The summed E-state index contributed by atoms with van der Waals surface area (Å²) < 4.78 is 62.7. The number of nitrogens with zero attached hydrogens (tertiary/aromatic N) is 2. The molecule has 0 bridgehead atoms. The van der Waals surface area contributed by atoms with Gasteiger partial charge in [-0.15, -0.1) is 0 Å². The summed E-state index contributed by atoms with van der Waals surface area (Å²) >= 11 is 0. The fourth-order valence-corrected chi connectivity index (χ4v) is 3.69. The van der Waals surface area contributed by atoms with Gasteiger partial charge in [0.15, 0.2) is 6.23 Å². The van der Waals surface area contributed by atoms with Gasteiger partial charge in [0.25, 0.3) is 0 Å². The van der Waals surface area contributed by atoms with Gasteiger partial charge in [-0.3, -0.25) is 0 Å². The molecule has 2 N–H and O–H groups in total. The van der Waals surface area contributed by atoms with Gasteiger partial charge in [-0.05, 0) is 38.2 Å². The lowest BCUT2D eigenvalue weighted by molar-refractivity contribution is -0.138. The standard InChI is InChI=1S/C16H17BF4N2O3/c18-15(4-5-15)13-10(16(19,20)21)7-11-9(14(13)17(24)25)8-22-23(11)12-3-1-2-6-26-12/h7-8,12,24-25H,1-6H2.